The summed E-state index contributed by atoms with van der Waals surface area (Å²) in [6, 6.07) is 11.9. The molecule has 0 saturated heterocycles. The Balaban J connectivity index is 2.27. The molecule has 0 saturated carbocycles. The van der Waals surface area contributed by atoms with E-state index < -0.39 is 6.36 Å². The van der Waals surface area contributed by atoms with Crippen LogP contribution < -0.4 is 4.74 Å². The van der Waals surface area contributed by atoms with Crippen molar-refractivity contribution < 1.29 is 17.9 Å². The van der Waals surface area contributed by atoms with Crippen LogP contribution in [0.3, 0.4) is 0 Å². The normalized spacial score (nSPS) is 11.4. The molecule has 19 heavy (non-hydrogen) atoms. The largest absolute Gasteiger partial charge is 0.573 e. The summed E-state index contributed by atoms with van der Waals surface area (Å²) >= 11 is 0. The maximum absolute atomic E-state index is 12.1. The van der Waals surface area contributed by atoms with Crippen LogP contribution in [0.15, 0.2) is 42.5 Å². The molecule has 4 heteroatoms. The van der Waals surface area contributed by atoms with Gasteiger partial charge in [-0.15, -0.1) is 13.2 Å². The lowest BCUT2D eigenvalue weighted by atomic mass is 9.99. The summed E-state index contributed by atoms with van der Waals surface area (Å²) in [5, 5.41) is 0. The second kappa shape index (κ2) is 4.96. The molecule has 2 rings (SSSR count). The summed E-state index contributed by atoms with van der Waals surface area (Å²) in [4.78, 5) is 0. The average Bonchev–Trinajstić information content (AvgIpc) is 2.28. The SMILES string of the molecule is Cc1ccc(-c2ccc(OC(F)(F)F)cc2)c(C)c1. The number of benzene rings is 2. The Morgan fingerprint density at radius 1 is 0.895 bits per heavy atom. The van der Waals surface area contributed by atoms with Gasteiger partial charge in [0, 0.05) is 0 Å². The van der Waals surface area contributed by atoms with Crippen LogP contribution in [-0.2, 0) is 0 Å². The first-order valence-corrected chi connectivity index (χ1v) is 5.78. The molecule has 0 aromatic heterocycles. The fourth-order valence-corrected chi connectivity index (χ4v) is 1.97. The number of aryl methyl sites for hydroxylation is 2. The minimum absolute atomic E-state index is 0.207. The van der Waals surface area contributed by atoms with Crippen molar-refractivity contribution in [3.63, 3.8) is 0 Å². The molecule has 0 aliphatic carbocycles. The fraction of sp³-hybridized carbons (Fsp3) is 0.200. The molecule has 100 valence electrons. The number of alkyl halides is 3. The molecule has 1 nitrogen and oxygen atoms in total. The van der Waals surface area contributed by atoms with E-state index in [9.17, 15) is 13.2 Å². The quantitative estimate of drug-likeness (QED) is 0.753. The van der Waals surface area contributed by atoms with Gasteiger partial charge in [-0.1, -0.05) is 35.9 Å². The van der Waals surface area contributed by atoms with Crippen molar-refractivity contribution >= 4 is 0 Å². The lowest BCUT2D eigenvalue weighted by Gasteiger charge is -2.10. The summed E-state index contributed by atoms with van der Waals surface area (Å²) in [6.07, 6.45) is -4.65. The van der Waals surface area contributed by atoms with Crippen molar-refractivity contribution in [2.75, 3.05) is 0 Å². The molecular weight excluding hydrogens is 253 g/mol. The molecule has 0 spiro atoms. The predicted octanol–water partition coefficient (Wildman–Crippen LogP) is 4.87. The predicted molar refractivity (Wildman–Crippen MR) is 68.0 cm³/mol. The average molecular weight is 266 g/mol. The fourth-order valence-electron chi connectivity index (χ4n) is 1.97. The van der Waals surface area contributed by atoms with E-state index in [0.29, 0.717) is 0 Å². The Labute approximate surface area is 109 Å². The Kier molecular flexibility index (Phi) is 3.51. The van der Waals surface area contributed by atoms with Gasteiger partial charge in [0.15, 0.2) is 0 Å². The molecule has 0 bridgehead atoms. The monoisotopic (exact) mass is 266 g/mol. The lowest BCUT2D eigenvalue weighted by Crippen LogP contribution is -2.16. The van der Waals surface area contributed by atoms with Crippen LogP contribution in [0.2, 0.25) is 0 Å². The lowest BCUT2D eigenvalue weighted by molar-refractivity contribution is -0.274. The number of rotatable bonds is 2. The van der Waals surface area contributed by atoms with Gasteiger partial charge in [-0.3, -0.25) is 0 Å². The van der Waals surface area contributed by atoms with Gasteiger partial charge >= 0.3 is 6.36 Å². The third-order valence-corrected chi connectivity index (χ3v) is 2.78. The summed E-state index contributed by atoms with van der Waals surface area (Å²) in [6.45, 7) is 3.97. The Hall–Kier alpha value is -1.97. The van der Waals surface area contributed by atoms with Gasteiger partial charge in [0.2, 0.25) is 0 Å². The molecule has 0 aliphatic heterocycles. The maximum atomic E-state index is 12.1. The van der Waals surface area contributed by atoms with Crippen LogP contribution in [0.4, 0.5) is 13.2 Å². The van der Waals surface area contributed by atoms with Crippen LogP contribution in [0.5, 0.6) is 5.75 Å². The van der Waals surface area contributed by atoms with Gasteiger partial charge < -0.3 is 4.74 Å². The van der Waals surface area contributed by atoms with Crippen molar-refractivity contribution in [3.05, 3.63) is 53.6 Å². The summed E-state index contributed by atoms with van der Waals surface area (Å²) in [5.74, 6) is -0.207. The topological polar surface area (TPSA) is 9.23 Å². The van der Waals surface area contributed by atoms with Crippen LogP contribution in [-0.4, -0.2) is 6.36 Å². The first-order valence-electron chi connectivity index (χ1n) is 5.78. The summed E-state index contributed by atoms with van der Waals surface area (Å²) in [7, 11) is 0. The molecule has 2 aromatic rings. The molecule has 0 heterocycles. The molecular formula is C15H13F3O. The molecule has 0 amide bonds. The number of ether oxygens (including phenoxy) is 1. The van der Waals surface area contributed by atoms with E-state index in [0.717, 1.165) is 22.3 Å². The second-order valence-electron chi connectivity index (χ2n) is 4.39. The highest BCUT2D eigenvalue weighted by atomic mass is 19.4. The van der Waals surface area contributed by atoms with Crippen molar-refractivity contribution in [2.24, 2.45) is 0 Å². The maximum Gasteiger partial charge on any atom is 0.573 e. The summed E-state index contributed by atoms with van der Waals surface area (Å²) in [5.41, 5.74) is 4.11. The number of halogens is 3. The van der Waals surface area contributed by atoms with Gasteiger partial charge in [-0.25, -0.2) is 0 Å². The van der Waals surface area contributed by atoms with E-state index in [2.05, 4.69) is 4.74 Å². The van der Waals surface area contributed by atoms with Crippen LogP contribution in [0, 0.1) is 13.8 Å². The minimum atomic E-state index is -4.65. The Bertz CT molecular complexity index is 571. The van der Waals surface area contributed by atoms with Crippen LogP contribution in [0.1, 0.15) is 11.1 Å². The van der Waals surface area contributed by atoms with Crippen molar-refractivity contribution in [1.29, 1.82) is 0 Å². The van der Waals surface area contributed by atoms with E-state index in [1.807, 2.05) is 32.0 Å². The van der Waals surface area contributed by atoms with E-state index in [1.54, 1.807) is 12.1 Å². The third-order valence-electron chi connectivity index (χ3n) is 2.78. The van der Waals surface area contributed by atoms with Gasteiger partial charge in [0.1, 0.15) is 5.75 Å². The molecule has 2 aromatic carbocycles. The first kappa shape index (κ1) is 13.5. The molecule has 0 radical (unpaired) electrons. The minimum Gasteiger partial charge on any atom is -0.406 e. The Morgan fingerprint density at radius 3 is 2.05 bits per heavy atom. The van der Waals surface area contributed by atoms with Crippen molar-refractivity contribution in [2.45, 2.75) is 20.2 Å². The highest BCUT2D eigenvalue weighted by Gasteiger charge is 2.30. The molecule has 0 atom stereocenters. The number of hydrogen-bond acceptors (Lipinski definition) is 1. The molecule has 0 fully saturated rings. The van der Waals surface area contributed by atoms with E-state index in [-0.39, 0.29) is 5.75 Å². The van der Waals surface area contributed by atoms with Gasteiger partial charge in [-0.2, -0.15) is 0 Å². The van der Waals surface area contributed by atoms with E-state index in [1.165, 1.54) is 12.1 Å². The number of hydrogen-bond donors (Lipinski definition) is 0. The third kappa shape index (κ3) is 3.50. The van der Waals surface area contributed by atoms with Gasteiger partial charge in [0.05, 0.1) is 0 Å². The highest BCUT2D eigenvalue weighted by molar-refractivity contribution is 5.68. The van der Waals surface area contributed by atoms with Crippen molar-refractivity contribution in [3.8, 4) is 16.9 Å². The molecule has 0 aliphatic rings. The van der Waals surface area contributed by atoms with E-state index >= 15 is 0 Å². The van der Waals surface area contributed by atoms with Crippen molar-refractivity contribution in [1.82, 2.24) is 0 Å². The van der Waals surface area contributed by atoms with Crippen LogP contribution >= 0.6 is 0 Å². The molecule has 0 N–H and O–H groups in total. The summed E-state index contributed by atoms with van der Waals surface area (Å²) < 4.78 is 40.0. The van der Waals surface area contributed by atoms with Gasteiger partial charge in [0.25, 0.3) is 0 Å². The van der Waals surface area contributed by atoms with Gasteiger partial charge in [-0.05, 0) is 42.7 Å². The second-order valence-corrected chi connectivity index (χ2v) is 4.39. The standard InChI is InChI=1S/C15H13F3O/c1-10-3-8-14(11(2)9-10)12-4-6-13(7-5-12)19-15(16,17)18/h3-9H,1-2H3. The van der Waals surface area contributed by atoms with E-state index in [4.69, 9.17) is 0 Å². The zero-order chi connectivity index (χ0) is 14.0. The first-order chi connectivity index (χ1) is 8.85. The smallest absolute Gasteiger partial charge is 0.406 e. The van der Waals surface area contributed by atoms with Crippen LogP contribution in [0.25, 0.3) is 11.1 Å². The zero-order valence-corrected chi connectivity index (χ0v) is 10.6. The highest BCUT2D eigenvalue weighted by Crippen LogP contribution is 2.28. The zero-order valence-electron chi connectivity index (χ0n) is 10.6. The Morgan fingerprint density at radius 2 is 1.53 bits per heavy atom. The molecule has 0 unspecified atom stereocenters.